The average molecular weight is 528 g/mol. The Morgan fingerprint density at radius 2 is 1.78 bits per heavy atom. The maximum atomic E-state index is 12.8. The lowest BCUT2D eigenvalue weighted by atomic mass is 10.3. The van der Waals surface area contributed by atoms with E-state index in [2.05, 4.69) is 25.2 Å². The number of nitrogens with one attached hydrogen (secondary N) is 1. The number of halogens is 2. The van der Waals surface area contributed by atoms with Crippen molar-refractivity contribution in [1.82, 2.24) is 24.4 Å². The fourth-order valence-corrected chi connectivity index (χ4v) is 4.43. The van der Waals surface area contributed by atoms with E-state index < -0.39 is 5.69 Å². The number of para-hydroxylation sites is 1. The Morgan fingerprint density at radius 1 is 1.06 bits per heavy atom. The Morgan fingerprint density at radius 3 is 2.50 bits per heavy atom. The Bertz CT molecular complexity index is 1420. The van der Waals surface area contributed by atoms with Gasteiger partial charge in [0.15, 0.2) is 5.65 Å². The molecule has 10 nitrogen and oxygen atoms in total. The van der Waals surface area contributed by atoms with Crippen molar-refractivity contribution in [3.8, 4) is 11.4 Å². The molecule has 186 valence electrons. The zero-order chi connectivity index (χ0) is 25.1. The number of hydrogen-bond donors (Lipinski definition) is 2. The van der Waals surface area contributed by atoms with E-state index in [0.717, 1.165) is 48.9 Å². The van der Waals surface area contributed by atoms with Crippen molar-refractivity contribution in [2.75, 3.05) is 50.5 Å². The van der Waals surface area contributed by atoms with E-state index in [1.165, 1.54) is 6.20 Å². The first-order chi connectivity index (χ1) is 17.5. The van der Waals surface area contributed by atoms with Gasteiger partial charge < -0.3 is 20.5 Å². The van der Waals surface area contributed by atoms with Gasteiger partial charge in [0, 0.05) is 31.5 Å². The molecule has 0 saturated carbocycles. The van der Waals surface area contributed by atoms with Crippen LogP contribution in [0.5, 0.6) is 5.75 Å². The van der Waals surface area contributed by atoms with Gasteiger partial charge in [0.05, 0.1) is 34.3 Å². The maximum Gasteiger partial charge on any atom is 0.355 e. The minimum Gasteiger partial charge on any atom is -0.492 e. The van der Waals surface area contributed by atoms with Gasteiger partial charge in [-0.1, -0.05) is 29.3 Å². The molecule has 0 spiro atoms. The minimum absolute atomic E-state index is 0.0881. The molecular weight excluding hydrogens is 505 g/mol. The van der Waals surface area contributed by atoms with Gasteiger partial charge >= 0.3 is 5.69 Å². The number of nitrogen functional groups attached to an aromatic ring is 1. The molecule has 0 amide bonds. The van der Waals surface area contributed by atoms with Gasteiger partial charge in [-0.05, 0) is 36.4 Å². The third kappa shape index (κ3) is 5.21. The largest absolute Gasteiger partial charge is 0.492 e. The first kappa shape index (κ1) is 24.3. The van der Waals surface area contributed by atoms with E-state index in [1.54, 1.807) is 18.2 Å². The number of aromatic nitrogens is 4. The smallest absolute Gasteiger partial charge is 0.355 e. The standard InChI is InChI=1S/C24H23Cl2N7O3/c25-18-2-1-3-19(26)20(18)33-21(27)17-14-28-23(30-22(17)31-24(33)34)29-15-4-6-16(7-5-15)36-13-10-32-8-11-35-12-9-32/h1-7,14H,8-13,27H2,(H,29,30,31,34). The van der Waals surface area contributed by atoms with Crippen molar-refractivity contribution in [1.29, 1.82) is 0 Å². The van der Waals surface area contributed by atoms with Crippen LogP contribution in [0.1, 0.15) is 0 Å². The molecule has 36 heavy (non-hydrogen) atoms. The van der Waals surface area contributed by atoms with E-state index >= 15 is 0 Å². The number of nitrogens with zero attached hydrogens (tertiary/aromatic N) is 5. The molecule has 1 aliphatic rings. The van der Waals surface area contributed by atoms with Crippen LogP contribution in [-0.4, -0.2) is 63.9 Å². The highest BCUT2D eigenvalue weighted by Crippen LogP contribution is 2.30. The molecule has 0 aliphatic carbocycles. The molecule has 0 unspecified atom stereocenters. The third-order valence-electron chi connectivity index (χ3n) is 5.73. The number of morpholine rings is 1. The first-order valence-corrected chi connectivity index (χ1v) is 12.0. The first-order valence-electron chi connectivity index (χ1n) is 11.3. The van der Waals surface area contributed by atoms with Crippen molar-refractivity contribution in [3.63, 3.8) is 0 Å². The summed E-state index contributed by atoms with van der Waals surface area (Å²) in [6.07, 6.45) is 1.50. The van der Waals surface area contributed by atoms with E-state index in [4.69, 9.17) is 38.4 Å². The monoisotopic (exact) mass is 527 g/mol. The fourth-order valence-electron chi connectivity index (χ4n) is 3.86. The summed E-state index contributed by atoms with van der Waals surface area (Å²) in [5.41, 5.74) is 6.78. The van der Waals surface area contributed by atoms with Gasteiger partial charge in [0.2, 0.25) is 5.95 Å². The van der Waals surface area contributed by atoms with Crippen LogP contribution in [0.25, 0.3) is 16.7 Å². The number of ether oxygens (including phenoxy) is 2. The predicted octanol–water partition coefficient (Wildman–Crippen LogP) is 3.52. The normalized spacial score (nSPS) is 14.2. The lowest BCUT2D eigenvalue weighted by Crippen LogP contribution is -2.38. The second kappa shape index (κ2) is 10.7. The third-order valence-corrected chi connectivity index (χ3v) is 6.34. The zero-order valence-corrected chi connectivity index (χ0v) is 20.7. The zero-order valence-electron chi connectivity index (χ0n) is 19.2. The Kier molecular flexibility index (Phi) is 7.19. The molecule has 0 radical (unpaired) electrons. The molecule has 1 fully saturated rings. The number of anilines is 3. The Balaban J connectivity index is 1.30. The van der Waals surface area contributed by atoms with Gasteiger partial charge in [-0.2, -0.15) is 9.97 Å². The molecule has 12 heteroatoms. The lowest BCUT2D eigenvalue weighted by molar-refractivity contribution is 0.0322. The lowest BCUT2D eigenvalue weighted by Gasteiger charge is -2.26. The topological polar surface area (TPSA) is 120 Å². The number of fused-ring (bicyclic) bond motifs is 1. The van der Waals surface area contributed by atoms with Gasteiger partial charge in [-0.15, -0.1) is 0 Å². The Hall–Kier alpha value is -3.44. The van der Waals surface area contributed by atoms with Crippen LogP contribution in [0.4, 0.5) is 17.5 Å². The van der Waals surface area contributed by atoms with E-state index in [-0.39, 0.29) is 33.1 Å². The van der Waals surface area contributed by atoms with Crippen LogP contribution < -0.4 is 21.5 Å². The van der Waals surface area contributed by atoms with Crippen molar-refractivity contribution in [2.45, 2.75) is 0 Å². The number of benzene rings is 2. The van der Waals surface area contributed by atoms with Gasteiger partial charge in [-0.25, -0.2) is 14.3 Å². The van der Waals surface area contributed by atoms with Crippen LogP contribution in [0.2, 0.25) is 10.0 Å². The van der Waals surface area contributed by atoms with Crippen LogP contribution in [-0.2, 0) is 4.74 Å². The van der Waals surface area contributed by atoms with Crippen molar-refractivity contribution < 1.29 is 9.47 Å². The predicted molar refractivity (Wildman–Crippen MR) is 140 cm³/mol. The van der Waals surface area contributed by atoms with E-state index in [0.29, 0.717) is 12.0 Å². The maximum absolute atomic E-state index is 12.8. The van der Waals surface area contributed by atoms with E-state index in [9.17, 15) is 4.79 Å². The summed E-state index contributed by atoms with van der Waals surface area (Å²) in [4.78, 5) is 27.9. The molecular formula is C24H23Cl2N7O3. The second-order valence-electron chi connectivity index (χ2n) is 8.07. The molecule has 0 bridgehead atoms. The summed E-state index contributed by atoms with van der Waals surface area (Å²) in [7, 11) is 0. The summed E-state index contributed by atoms with van der Waals surface area (Å²) in [6, 6.07) is 12.4. The summed E-state index contributed by atoms with van der Waals surface area (Å²) in [6.45, 7) is 4.86. The van der Waals surface area contributed by atoms with Gasteiger partial charge in [0.25, 0.3) is 0 Å². The molecule has 3 N–H and O–H groups in total. The molecule has 5 rings (SSSR count). The van der Waals surface area contributed by atoms with Crippen LogP contribution in [0.3, 0.4) is 0 Å². The summed E-state index contributed by atoms with van der Waals surface area (Å²) in [5.74, 6) is 1.12. The fraction of sp³-hybridized carbons (Fsp3) is 0.250. The number of hydrogen-bond acceptors (Lipinski definition) is 9. The summed E-state index contributed by atoms with van der Waals surface area (Å²) in [5, 5.41) is 4.03. The van der Waals surface area contributed by atoms with Crippen LogP contribution >= 0.6 is 23.2 Å². The van der Waals surface area contributed by atoms with Crippen LogP contribution in [0.15, 0.2) is 53.5 Å². The minimum atomic E-state index is -0.654. The molecule has 1 aliphatic heterocycles. The quantitative estimate of drug-likeness (QED) is 0.371. The highest BCUT2D eigenvalue weighted by Gasteiger charge is 2.17. The SMILES string of the molecule is Nc1c2cnc(Nc3ccc(OCCN4CCOCC4)cc3)nc2nc(=O)n1-c1c(Cl)cccc1Cl. The van der Waals surface area contributed by atoms with Gasteiger partial charge in [0.1, 0.15) is 18.2 Å². The molecule has 2 aromatic carbocycles. The molecule has 1 saturated heterocycles. The molecule has 2 aromatic heterocycles. The second-order valence-corrected chi connectivity index (χ2v) is 8.88. The molecule has 3 heterocycles. The van der Waals surface area contributed by atoms with E-state index in [1.807, 2.05) is 24.3 Å². The Labute approximate surface area is 216 Å². The van der Waals surface area contributed by atoms with Crippen molar-refractivity contribution in [3.05, 3.63) is 69.2 Å². The number of nitrogens with two attached hydrogens (primary N) is 1. The number of rotatable bonds is 7. The van der Waals surface area contributed by atoms with Crippen molar-refractivity contribution >= 4 is 51.7 Å². The van der Waals surface area contributed by atoms with Crippen LogP contribution in [0, 0.1) is 0 Å². The van der Waals surface area contributed by atoms with Crippen molar-refractivity contribution in [2.24, 2.45) is 0 Å². The highest BCUT2D eigenvalue weighted by molar-refractivity contribution is 6.37. The molecule has 4 aromatic rings. The average Bonchev–Trinajstić information content (AvgIpc) is 2.87. The highest BCUT2D eigenvalue weighted by atomic mass is 35.5. The van der Waals surface area contributed by atoms with Gasteiger partial charge in [-0.3, -0.25) is 4.90 Å². The molecule has 0 atom stereocenters. The summed E-state index contributed by atoms with van der Waals surface area (Å²) >= 11 is 12.5. The summed E-state index contributed by atoms with van der Waals surface area (Å²) < 4.78 is 12.4.